The summed E-state index contributed by atoms with van der Waals surface area (Å²) in [5.74, 6) is -3.04. The van der Waals surface area contributed by atoms with Gasteiger partial charge in [-0.25, -0.2) is 13.5 Å². The number of hydrogen-bond acceptors (Lipinski definition) is 3. The second-order valence-electron chi connectivity index (χ2n) is 7.27. The molecule has 4 aromatic carbocycles. The van der Waals surface area contributed by atoms with Gasteiger partial charge in [-0.3, -0.25) is 0 Å². The van der Waals surface area contributed by atoms with Gasteiger partial charge in [-0.05, 0) is 22.5 Å². The first-order valence-electron chi connectivity index (χ1n) is 10.1. The number of rotatable bonds is 4. The van der Waals surface area contributed by atoms with E-state index in [4.69, 9.17) is 36.0 Å². The molecule has 0 saturated carbocycles. The van der Waals surface area contributed by atoms with Crippen LogP contribution in [-0.2, 0) is 0 Å². The van der Waals surface area contributed by atoms with E-state index in [2.05, 4.69) is 48.5 Å². The Hall–Kier alpha value is -1.85. The zero-order valence-corrected chi connectivity index (χ0v) is 21.2. The molecule has 0 amide bonds. The van der Waals surface area contributed by atoms with Crippen molar-refractivity contribution in [1.29, 1.82) is 0 Å². The van der Waals surface area contributed by atoms with Gasteiger partial charge in [-0.2, -0.15) is 0 Å². The minimum absolute atomic E-state index is 1.03. The Morgan fingerprint density at radius 1 is 0.375 bits per heavy atom. The SMILES string of the molecule is ClP1(Cl)=NP(c2ccccc2)(c2ccccc2)=NP(c2ccccc2)(c2ccccc2)=N1. The standard InChI is InChI=1S/C24H20Cl2N3P3/c25-32(26)28-30(21-13-5-1-6-14-21,22-15-7-2-8-16-22)27-31(29-32,23-17-9-3-10-18-23)24-19-11-4-12-20-24/h1-20H. The third kappa shape index (κ3) is 3.99. The quantitative estimate of drug-likeness (QED) is 0.248. The van der Waals surface area contributed by atoms with Crippen LogP contribution in [0.1, 0.15) is 0 Å². The smallest absolute Gasteiger partial charge is 0.223 e. The summed E-state index contributed by atoms with van der Waals surface area (Å²) in [6.45, 7) is 0. The van der Waals surface area contributed by atoms with Crippen molar-refractivity contribution in [3.8, 4) is 0 Å². The van der Waals surface area contributed by atoms with Gasteiger partial charge in [0.25, 0.3) is 5.91 Å². The molecule has 160 valence electrons. The monoisotopic (exact) mass is 513 g/mol. The number of hydrogen-bond donors (Lipinski definition) is 0. The van der Waals surface area contributed by atoms with Gasteiger partial charge in [0.15, 0.2) is 0 Å². The second kappa shape index (κ2) is 8.83. The van der Waals surface area contributed by atoms with Gasteiger partial charge in [0.05, 0.1) is 0 Å². The zero-order chi connectivity index (χ0) is 22.1. The third-order valence-corrected chi connectivity index (χ3v) is 17.6. The van der Waals surface area contributed by atoms with Crippen LogP contribution >= 0.6 is 42.8 Å². The first kappa shape index (κ1) is 22.0. The van der Waals surface area contributed by atoms with Crippen molar-refractivity contribution >= 4 is 64.0 Å². The lowest BCUT2D eigenvalue weighted by molar-refractivity contribution is 1.64. The zero-order valence-electron chi connectivity index (χ0n) is 17.0. The molecule has 5 rings (SSSR count). The van der Waals surface area contributed by atoms with Gasteiger partial charge >= 0.3 is 0 Å². The molecule has 3 nitrogen and oxygen atoms in total. The predicted molar refractivity (Wildman–Crippen MR) is 144 cm³/mol. The van der Waals surface area contributed by atoms with Gasteiger partial charge in [-0.1, -0.05) is 121 Å². The van der Waals surface area contributed by atoms with E-state index in [1.807, 2.05) is 72.8 Å². The Labute approximate surface area is 198 Å². The average molecular weight is 514 g/mol. The van der Waals surface area contributed by atoms with E-state index in [0.29, 0.717) is 0 Å². The van der Waals surface area contributed by atoms with Crippen molar-refractivity contribution in [2.45, 2.75) is 0 Å². The molecular formula is C24H20Cl2N3P3. The molecule has 8 heteroatoms. The van der Waals surface area contributed by atoms with Crippen molar-refractivity contribution in [1.82, 2.24) is 0 Å². The maximum atomic E-state index is 6.98. The summed E-state index contributed by atoms with van der Waals surface area (Å²) < 4.78 is 15.8. The maximum Gasteiger partial charge on any atom is 0.254 e. The fourth-order valence-corrected chi connectivity index (χ4v) is 19.0. The molecule has 0 atom stereocenters. The van der Waals surface area contributed by atoms with Crippen molar-refractivity contribution < 1.29 is 0 Å². The average Bonchev–Trinajstić information content (AvgIpc) is 2.85. The Bertz CT molecular complexity index is 1230. The minimum Gasteiger partial charge on any atom is -0.223 e. The van der Waals surface area contributed by atoms with E-state index in [0.717, 1.165) is 21.2 Å². The summed E-state index contributed by atoms with van der Waals surface area (Å²) in [6.07, 6.45) is 0. The van der Waals surface area contributed by atoms with Gasteiger partial charge in [0.1, 0.15) is 14.4 Å². The molecule has 0 aliphatic carbocycles. The fraction of sp³-hybridized carbons (Fsp3) is 0. The minimum atomic E-state index is -3.04. The van der Waals surface area contributed by atoms with Crippen LogP contribution in [0, 0.1) is 0 Å². The fourth-order valence-electron chi connectivity index (χ4n) is 3.81. The number of halogens is 2. The van der Waals surface area contributed by atoms with Crippen molar-refractivity contribution in [2.24, 2.45) is 13.5 Å². The van der Waals surface area contributed by atoms with Gasteiger partial charge < -0.3 is 0 Å². The Morgan fingerprint density at radius 3 is 0.969 bits per heavy atom. The van der Waals surface area contributed by atoms with E-state index >= 15 is 0 Å². The van der Waals surface area contributed by atoms with Crippen LogP contribution in [0.3, 0.4) is 0 Å². The molecule has 0 aromatic heterocycles. The van der Waals surface area contributed by atoms with Crippen molar-refractivity contribution in [2.75, 3.05) is 0 Å². The molecular weight excluding hydrogens is 494 g/mol. The van der Waals surface area contributed by atoms with Crippen LogP contribution < -0.4 is 21.2 Å². The van der Waals surface area contributed by atoms with Crippen LogP contribution in [0.5, 0.6) is 0 Å². The summed E-state index contributed by atoms with van der Waals surface area (Å²) in [5, 5.41) is 4.12. The Morgan fingerprint density at radius 2 is 0.656 bits per heavy atom. The predicted octanol–water partition coefficient (Wildman–Crippen LogP) is 7.96. The van der Waals surface area contributed by atoms with Crippen molar-refractivity contribution in [3.63, 3.8) is 0 Å². The van der Waals surface area contributed by atoms with E-state index in [9.17, 15) is 0 Å². The molecule has 0 saturated heterocycles. The van der Waals surface area contributed by atoms with E-state index in [1.165, 1.54) is 0 Å². The van der Waals surface area contributed by atoms with Crippen LogP contribution in [-0.4, -0.2) is 0 Å². The molecule has 1 heterocycles. The third-order valence-electron chi connectivity index (χ3n) is 5.20. The van der Waals surface area contributed by atoms with Gasteiger partial charge in [0, 0.05) is 21.2 Å². The van der Waals surface area contributed by atoms with Crippen LogP contribution in [0.2, 0.25) is 0 Å². The molecule has 0 radical (unpaired) electrons. The largest absolute Gasteiger partial charge is 0.254 e. The van der Waals surface area contributed by atoms with Gasteiger partial charge in [-0.15, -0.1) is 0 Å². The van der Waals surface area contributed by atoms with E-state index < -0.39 is 20.3 Å². The lowest BCUT2D eigenvalue weighted by Crippen LogP contribution is -2.20. The summed E-state index contributed by atoms with van der Waals surface area (Å²) in [7, 11) is -5.36. The highest BCUT2D eigenvalue weighted by molar-refractivity contribution is 8.15. The van der Waals surface area contributed by atoms with Crippen LogP contribution in [0.25, 0.3) is 0 Å². The Kier molecular flexibility index (Phi) is 6.06. The summed E-state index contributed by atoms with van der Waals surface area (Å²) >= 11 is 14.0. The molecule has 32 heavy (non-hydrogen) atoms. The van der Waals surface area contributed by atoms with Gasteiger partial charge in [0.2, 0.25) is 0 Å². The second-order valence-corrected chi connectivity index (χ2v) is 18.1. The summed E-state index contributed by atoms with van der Waals surface area (Å²) in [4.78, 5) is 0. The molecule has 0 bridgehead atoms. The highest BCUT2D eigenvalue weighted by Gasteiger charge is 2.39. The van der Waals surface area contributed by atoms with E-state index in [1.54, 1.807) is 0 Å². The summed E-state index contributed by atoms with van der Waals surface area (Å²) in [6, 6.07) is 40.8. The molecule has 0 unspecified atom stereocenters. The highest BCUT2D eigenvalue weighted by atomic mass is 35.9. The lowest BCUT2D eigenvalue weighted by Gasteiger charge is -2.33. The maximum absolute atomic E-state index is 6.98. The molecule has 1 aliphatic rings. The molecule has 0 spiro atoms. The highest BCUT2D eigenvalue weighted by Crippen LogP contribution is 2.80. The molecule has 4 aromatic rings. The van der Waals surface area contributed by atoms with Crippen LogP contribution in [0.4, 0.5) is 0 Å². The number of nitrogens with zero attached hydrogens (tertiary/aromatic N) is 3. The molecule has 1 aliphatic heterocycles. The lowest BCUT2D eigenvalue weighted by atomic mass is 10.4. The van der Waals surface area contributed by atoms with Crippen LogP contribution in [0.15, 0.2) is 135 Å². The normalized spacial score (nSPS) is 17.9. The first-order chi connectivity index (χ1) is 15.5. The summed E-state index contributed by atoms with van der Waals surface area (Å²) in [5.41, 5.74) is 0. The Balaban J connectivity index is 2.00. The molecule has 0 fully saturated rings. The van der Waals surface area contributed by atoms with E-state index in [-0.39, 0.29) is 0 Å². The topological polar surface area (TPSA) is 37.1 Å². The van der Waals surface area contributed by atoms with Crippen molar-refractivity contribution in [3.05, 3.63) is 121 Å². The number of benzene rings is 4. The molecule has 0 N–H and O–H groups in total. The first-order valence-corrected chi connectivity index (χ1v) is 17.0.